The van der Waals surface area contributed by atoms with Gasteiger partial charge >= 0.3 is 0 Å². The zero-order chi connectivity index (χ0) is 13.1. The highest BCUT2D eigenvalue weighted by atomic mass is 16.5. The van der Waals surface area contributed by atoms with Crippen LogP contribution in [0.15, 0.2) is 27.4 Å². The van der Waals surface area contributed by atoms with Crippen molar-refractivity contribution in [1.29, 1.82) is 0 Å². The van der Waals surface area contributed by atoms with E-state index in [-0.39, 0.29) is 6.04 Å². The highest BCUT2D eigenvalue weighted by molar-refractivity contribution is 5.09. The highest BCUT2D eigenvalue weighted by Gasteiger charge is 2.17. The molecule has 0 N–H and O–H groups in total. The first-order valence-electron chi connectivity index (χ1n) is 6.14. The molecule has 2 aromatic heterocycles. The molecule has 2 heterocycles. The van der Waals surface area contributed by atoms with Crippen LogP contribution in [0.1, 0.15) is 49.9 Å². The molecule has 5 nitrogen and oxygen atoms in total. The van der Waals surface area contributed by atoms with E-state index in [0.717, 1.165) is 17.1 Å². The van der Waals surface area contributed by atoms with Crippen LogP contribution in [-0.2, 0) is 6.54 Å². The van der Waals surface area contributed by atoms with E-state index in [9.17, 15) is 0 Å². The second-order valence-electron chi connectivity index (χ2n) is 4.89. The summed E-state index contributed by atoms with van der Waals surface area (Å²) in [7, 11) is 2.02. The summed E-state index contributed by atoms with van der Waals surface area (Å²) < 4.78 is 10.2. The Bertz CT molecular complexity index is 476. The normalized spacial score (nSPS) is 13.4. The van der Waals surface area contributed by atoms with Crippen LogP contribution in [0, 0.1) is 0 Å². The van der Waals surface area contributed by atoms with Crippen LogP contribution in [-0.4, -0.2) is 22.3 Å². The van der Waals surface area contributed by atoms with E-state index in [1.165, 1.54) is 0 Å². The average molecular weight is 249 g/mol. The molecule has 0 radical (unpaired) electrons. The first-order valence-corrected chi connectivity index (χ1v) is 6.14. The minimum absolute atomic E-state index is 0.177. The summed E-state index contributed by atoms with van der Waals surface area (Å²) in [5.41, 5.74) is 1.91. The van der Waals surface area contributed by atoms with Gasteiger partial charge < -0.3 is 9.05 Å². The smallest absolute Gasteiger partial charge is 0.150 e. The van der Waals surface area contributed by atoms with E-state index in [2.05, 4.69) is 36.0 Å². The number of rotatable bonds is 5. The van der Waals surface area contributed by atoms with E-state index in [0.29, 0.717) is 12.5 Å². The SMILES string of the molecule is CC(C)c1cc(CN(C)C(C)c2ccon2)on1. The topological polar surface area (TPSA) is 55.3 Å². The van der Waals surface area contributed by atoms with Gasteiger partial charge in [0.1, 0.15) is 12.0 Å². The van der Waals surface area contributed by atoms with Gasteiger partial charge in [-0.15, -0.1) is 0 Å². The molecule has 0 bridgehead atoms. The second kappa shape index (κ2) is 5.35. The maximum Gasteiger partial charge on any atom is 0.150 e. The third kappa shape index (κ3) is 2.79. The van der Waals surface area contributed by atoms with Gasteiger partial charge in [-0.1, -0.05) is 24.2 Å². The summed E-state index contributed by atoms with van der Waals surface area (Å²) in [6.07, 6.45) is 1.59. The summed E-state index contributed by atoms with van der Waals surface area (Å²) in [6.45, 7) is 6.98. The van der Waals surface area contributed by atoms with Crippen LogP contribution in [0.25, 0.3) is 0 Å². The summed E-state index contributed by atoms with van der Waals surface area (Å²) in [6, 6.07) is 4.06. The van der Waals surface area contributed by atoms with Gasteiger partial charge in [0.2, 0.25) is 0 Å². The maximum atomic E-state index is 5.33. The Hall–Kier alpha value is -1.62. The summed E-state index contributed by atoms with van der Waals surface area (Å²) >= 11 is 0. The van der Waals surface area contributed by atoms with Gasteiger partial charge in [0, 0.05) is 12.1 Å². The standard InChI is InChI=1S/C13H19N3O2/c1-9(2)13-7-11(18-15-13)8-16(4)10(3)12-5-6-17-14-12/h5-7,9-10H,8H2,1-4H3. The van der Waals surface area contributed by atoms with E-state index < -0.39 is 0 Å². The van der Waals surface area contributed by atoms with Gasteiger partial charge in [-0.25, -0.2) is 0 Å². The highest BCUT2D eigenvalue weighted by Crippen LogP contribution is 2.20. The summed E-state index contributed by atoms with van der Waals surface area (Å²) in [5, 5.41) is 8.00. The van der Waals surface area contributed by atoms with Crippen molar-refractivity contribution in [2.24, 2.45) is 0 Å². The van der Waals surface area contributed by atoms with Crippen molar-refractivity contribution in [2.75, 3.05) is 7.05 Å². The monoisotopic (exact) mass is 249 g/mol. The fraction of sp³-hybridized carbons (Fsp3) is 0.538. The van der Waals surface area contributed by atoms with E-state index >= 15 is 0 Å². The first-order chi connectivity index (χ1) is 8.58. The lowest BCUT2D eigenvalue weighted by atomic mass is 10.1. The molecule has 2 aromatic rings. The summed E-state index contributed by atoms with van der Waals surface area (Å²) in [5.74, 6) is 1.26. The molecular formula is C13H19N3O2. The van der Waals surface area contributed by atoms with Crippen LogP contribution in [0.2, 0.25) is 0 Å². The number of nitrogens with zero attached hydrogens (tertiary/aromatic N) is 3. The zero-order valence-electron chi connectivity index (χ0n) is 11.3. The Balaban J connectivity index is 2.00. The average Bonchev–Trinajstić information content (AvgIpc) is 2.98. The molecule has 2 rings (SSSR count). The largest absolute Gasteiger partial charge is 0.364 e. The number of hydrogen-bond acceptors (Lipinski definition) is 5. The van der Waals surface area contributed by atoms with Gasteiger partial charge in [-0.05, 0) is 19.9 Å². The van der Waals surface area contributed by atoms with E-state index in [1.54, 1.807) is 6.26 Å². The molecule has 1 unspecified atom stereocenters. The Morgan fingerprint density at radius 3 is 2.56 bits per heavy atom. The van der Waals surface area contributed by atoms with Gasteiger partial charge in [0.25, 0.3) is 0 Å². The molecule has 5 heteroatoms. The van der Waals surface area contributed by atoms with Gasteiger partial charge in [-0.3, -0.25) is 4.90 Å². The zero-order valence-corrected chi connectivity index (χ0v) is 11.3. The molecular weight excluding hydrogens is 230 g/mol. The van der Waals surface area contributed by atoms with E-state index in [1.807, 2.05) is 19.2 Å². The third-order valence-corrected chi connectivity index (χ3v) is 3.12. The molecule has 98 valence electrons. The van der Waals surface area contributed by atoms with Crippen molar-refractivity contribution in [3.05, 3.63) is 35.5 Å². The van der Waals surface area contributed by atoms with Crippen LogP contribution in [0.3, 0.4) is 0 Å². The predicted octanol–water partition coefficient (Wildman–Crippen LogP) is 2.98. The van der Waals surface area contributed by atoms with Gasteiger partial charge in [0.15, 0.2) is 5.76 Å². The molecule has 0 aromatic carbocycles. The van der Waals surface area contributed by atoms with Crippen molar-refractivity contribution in [3.63, 3.8) is 0 Å². The van der Waals surface area contributed by atoms with Gasteiger partial charge in [0.05, 0.1) is 18.3 Å². The number of hydrogen-bond donors (Lipinski definition) is 0. The first kappa shape index (κ1) is 12.8. The minimum atomic E-state index is 0.177. The molecule has 0 spiro atoms. The third-order valence-electron chi connectivity index (χ3n) is 3.12. The summed E-state index contributed by atoms with van der Waals surface area (Å²) in [4.78, 5) is 2.14. The molecule has 0 aliphatic rings. The van der Waals surface area contributed by atoms with Crippen LogP contribution >= 0.6 is 0 Å². The quantitative estimate of drug-likeness (QED) is 0.815. The molecule has 0 saturated heterocycles. The van der Waals surface area contributed by atoms with Crippen LogP contribution < -0.4 is 0 Å². The van der Waals surface area contributed by atoms with Gasteiger partial charge in [-0.2, -0.15) is 0 Å². The Morgan fingerprint density at radius 2 is 2.00 bits per heavy atom. The fourth-order valence-electron chi connectivity index (χ4n) is 1.72. The van der Waals surface area contributed by atoms with E-state index in [4.69, 9.17) is 9.05 Å². The lowest BCUT2D eigenvalue weighted by molar-refractivity contribution is 0.212. The molecule has 0 amide bonds. The van der Waals surface area contributed by atoms with Crippen LogP contribution in [0.5, 0.6) is 0 Å². The van der Waals surface area contributed by atoms with Crippen molar-refractivity contribution in [3.8, 4) is 0 Å². The molecule has 0 fully saturated rings. The Labute approximate surface area is 107 Å². The lowest BCUT2D eigenvalue weighted by Crippen LogP contribution is -2.21. The van der Waals surface area contributed by atoms with Crippen molar-refractivity contribution in [2.45, 2.75) is 39.3 Å². The van der Waals surface area contributed by atoms with Crippen LogP contribution in [0.4, 0.5) is 0 Å². The minimum Gasteiger partial charge on any atom is -0.364 e. The molecule has 18 heavy (non-hydrogen) atoms. The number of aromatic nitrogens is 2. The molecule has 1 atom stereocenters. The molecule has 0 aliphatic carbocycles. The fourth-order valence-corrected chi connectivity index (χ4v) is 1.72. The van der Waals surface area contributed by atoms with Crippen molar-refractivity contribution in [1.82, 2.24) is 15.2 Å². The maximum absolute atomic E-state index is 5.33. The molecule has 0 aliphatic heterocycles. The van der Waals surface area contributed by atoms with Crippen molar-refractivity contribution < 1.29 is 9.05 Å². The van der Waals surface area contributed by atoms with Crippen molar-refractivity contribution >= 4 is 0 Å². The molecule has 0 saturated carbocycles. The lowest BCUT2D eigenvalue weighted by Gasteiger charge is -2.20. The Morgan fingerprint density at radius 1 is 1.22 bits per heavy atom. The second-order valence-corrected chi connectivity index (χ2v) is 4.89. The predicted molar refractivity (Wildman–Crippen MR) is 67.0 cm³/mol. The Kier molecular flexibility index (Phi) is 3.81.